The highest BCUT2D eigenvalue weighted by Crippen LogP contribution is 2.17. The van der Waals surface area contributed by atoms with Crippen molar-refractivity contribution in [3.8, 4) is 6.01 Å². The van der Waals surface area contributed by atoms with Crippen molar-refractivity contribution in [2.75, 3.05) is 13.1 Å². The molecule has 9 nitrogen and oxygen atoms in total. The van der Waals surface area contributed by atoms with Crippen LogP contribution in [0.15, 0.2) is 34.2 Å². The van der Waals surface area contributed by atoms with Crippen molar-refractivity contribution < 1.29 is 9.53 Å². The molecule has 0 radical (unpaired) electrons. The number of carbonyl (C=O) groups excluding carboxylic acids is 1. The first-order valence-electron chi connectivity index (χ1n) is 8.23. The van der Waals surface area contributed by atoms with E-state index in [0.717, 1.165) is 12.8 Å². The Balaban J connectivity index is 1.54. The van der Waals surface area contributed by atoms with Gasteiger partial charge in [-0.15, -0.1) is 0 Å². The minimum Gasteiger partial charge on any atom is -0.458 e. The topological polar surface area (TPSA) is 110 Å². The van der Waals surface area contributed by atoms with Crippen LogP contribution < -0.4 is 16.0 Å². The second kappa shape index (κ2) is 8.13. The number of likely N-dealkylation sites (tertiary alicyclic amines) is 1. The smallest absolute Gasteiger partial charge is 0.328 e. The number of hydrogen-bond acceptors (Lipinski definition) is 6. The number of hydrogen-bond donors (Lipinski definition) is 1. The number of amides is 1. The number of carbonyl (C=O) groups is 1. The second-order valence-corrected chi connectivity index (χ2v) is 6.40. The fraction of sp³-hybridized carbons (Fsp3) is 0.438. The molecule has 1 saturated heterocycles. The van der Waals surface area contributed by atoms with E-state index < -0.39 is 11.2 Å². The second-order valence-electron chi connectivity index (χ2n) is 5.96. The molecule has 1 amide bonds. The molecule has 3 rings (SSSR count). The summed E-state index contributed by atoms with van der Waals surface area (Å²) in [5.74, 6) is -0.0755. The molecule has 0 aliphatic carbocycles. The summed E-state index contributed by atoms with van der Waals surface area (Å²) in [4.78, 5) is 47.0. The Labute approximate surface area is 153 Å². The molecule has 0 aromatic carbocycles. The van der Waals surface area contributed by atoms with E-state index in [2.05, 4.69) is 15.0 Å². The van der Waals surface area contributed by atoms with Crippen LogP contribution in [0.3, 0.4) is 0 Å². The van der Waals surface area contributed by atoms with E-state index in [1.54, 1.807) is 4.90 Å². The standard InChI is InChI=1S/C16H18ClN5O4/c17-11-8-18-15(19-9-11)26-12-2-1-5-22(10-12)14(24)4-7-21-6-3-13(23)20-16(21)25/h3,6,8-9,12H,1-2,4-5,7,10H2,(H,20,23,25)/t12-/m0/s1. The van der Waals surface area contributed by atoms with Crippen LogP contribution in [-0.4, -0.2) is 49.5 Å². The van der Waals surface area contributed by atoms with E-state index in [1.807, 2.05) is 0 Å². The largest absolute Gasteiger partial charge is 0.458 e. The highest BCUT2D eigenvalue weighted by atomic mass is 35.5. The number of nitrogens with one attached hydrogen (secondary N) is 1. The van der Waals surface area contributed by atoms with E-state index in [9.17, 15) is 14.4 Å². The van der Waals surface area contributed by atoms with Crippen molar-refractivity contribution in [3.05, 3.63) is 50.5 Å². The average molecular weight is 380 g/mol. The first-order chi connectivity index (χ1) is 12.5. The molecule has 1 aliphatic heterocycles. The summed E-state index contributed by atoms with van der Waals surface area (Å²) >= 11 is 5.75. The van der Waals surface area contributed by atoms with Gasteiger partial charge in [-0.2, -0.15) is 0 Å². The molecular formula is C16H18ClN5O4. The van der Waals surface area contributed by atoms with Crippen molar-refractivity contribution in [1.29, 1.82) is 0 Å². The molecule has 10 heteroatoms. The number of aromatic amines is 1. The molecule has 3 heterocycles. The molecule has 1 aliphatic rings. The van der Waals surface area contributed by atoms with Crippen LogP contribution in [0.4, 0.5) is 0 Å². The van der Waals surface area contributed by atoms with Crippen molar-refractivity contribution in [3.63, 3.8) is 0 Å². The van der Waals surface area contributed by atoms with Crippen LogP contribution in [0.1, 0.15) is 19.3 Å². The zero-order valence-corrected chi connectivity index (χ0v) is 14.7. The molecule has 0 unspecified atom stereocenters. The number of piperidine rings is 1. The molecular weight excluding hydrogens is 362 g/mol. The summed E-state index contributed by atoms with van der Waals surface area (Å²) in [5, 5.41) is 0.426. The van der Waals surface area contributed by atoms with Gasteiger partial charge in [0.25, 0.3) is 5.56 Å². The number of aromatic nitrogens is 4. The molecule has 1 N–H and O–H groups in total. The Hall–Kier alpha value is -2.68. The number of rotatable bonds is 5. The van der Waals surface area contributed by atoms with Gasteiger partial charge in [0.05, 0.1) is 24.0 Å². The minimum absolute atomic E-state index is 0.0755. The summed E-state index contributed by atoms with van der Waals surface area (Å²) in [6.45, 7) is 1.28. The number of halogens is 1. The molecule has 0 spiro atoms. The Morgan fingerprint density at radius 2 is 2.12 bits per heavy atom. The van der Waals surface area contributed by atoms with E-state index >= 15 is 0 Å². The minimum atomic E-state index is -0.523. The zero-order chi connectivity index (χ0) is 18.5. The van der Waals surface area contributed by atoms with Gasteiger partial charge in [-0.05, 0) is 12.8 Å². The van der Waals surface area contributed by atoms with Gasteiger partial charge in [0.2, 0.25) is 5.91 Å². The number of H-pyrrole nitrogens is 1. The lowest BCUT2D eigenvalue weighted by Crippen LogP contribution is -2.45. The predicted molar refractivity (Wildman–Crippen MR) is 93.2 cm³/mol. The lowest BCUT2D eigenvalue weighted by Gasteiger charge is -2.32. The molecule has 138 valence electrons. The average Bonchev–Trinajstić information content (AvgIpc) is 2.63. The maximum atomic E-state index is 12.4. The molecule has 2 aromatic heterocycles. The fourth-order valence-electron chi connectivity index (χ4n) is 2.77. The predicted octanol–water partition coefficient (Wildman–Crippen LogP) is 0.440. The third kappa shape index (κ3) is 4.69. The summed E-state index contributed by atoms with van der Waals surface area (Å²) in [5.41, 5.74) is -0.983. The van der Waals surface area contributed by atoms with E-state index in [-0.39, 0.29) is 31.0 Å². The Bertz CT molecular complexity index is 879. The van der Waals surface area contributed by atoms with E-state index in [4.69, 9.17) is 16.3 Å². The van der Waals surface area contributed by atoms with Crippen LogP contribution in [-0.2, 0) is 11.3 Å². The maximum absolute atomic E-state index is 12.4. The Morgan fingerprint density at radius 1 is 1.35 bits per heavy atom. The highest BCUT2D eigenvalue weighted by molar-refractivity contribution is 6.30. The molecule has 26 heavy (non-hydrogen) atoms. The summed E-state index contributed by atoms with van der Waals surface area (Å²) in [6, 6.07) is 1.48. The van der Waals surface area contributed by atoms with E-state index in [0.29, 0.717) is 18.1 Å². The quantitative estimate of drug-likeness (QED) is 0.807. The molecule has 1 atom stereocenters. The van der Waals surface area contributed by atoms with Crippen LogP contribution >= 0.6 is 11.6 Å². The van der Waals surface area contributed by atoms with Crippen molar-refractivity contribution in [2.45, 2.75) is 31.9 Å². The SMILES string of the molecule is O=C(CCn1ccc(=O)[nH]c1=O)N1CCC[C@H](Oc2ncc(Cl)cn2)C1. The first-order valence-corrected chi connectivity index (χ1v) is 8.61. The number of nitrogens with zero attached hydrogens (tertiary/aromatic N) is 4. The Kier molecular flexibility index (Phi) is 5.67. The van der Waals surface area contributed by atoms with Crippen molar-refractivity contribution in [2.24, 2.45) is 0 Å². The molecule has 0 saturated carbocycles. The van der Waals surface area contributed by atoms with Gasteiger partial charge in [0.15, 0.2) is 0 Å². The normalized spacial score (nSPS) is 17.1. The monoisotopic (exact) mass is 379 g/mol. The maximum Gasteiger partial charge on any atom is 0.328 e. The van der Waals surface area contributed by atoms with Crippen LogP contribution in [0, 0.1) is 0 Å². The lowest BCUT2D eigenvalue weighted by molar-refractivity contribution is -0.134. The van der Waals surface area contributed by atoms with Gasteiger partial charge < -0.3 is 14.2 Å². The van der Waals surface area contributed by atoms with Gasteiger partial charge in [-0.3, -0.25) is 14.6 Å². The van der Waals surface area contributed by atoms with Crippen LogP contribution in [0.2, 0.25) is 5.02 Å². The van der Waals surface area contributed by atoms with Crippen molar-refractivity contribution in [1.82, 2.24) is 24.4 Å². The lowest BCUT2D eigenvalue weighted by atomic mass is 10.1. The third-order valence-corrected chi connectivity index (χ3v) is 4.26. The summed E-state index contributed by atoms with van der Waals surface area (Å²) in [7, 11) is 0. The molecule has 2 aromatic rings. The molecule has 1 fully saturated rings. The van der Waals surface area contributed by atoms with Gasteiger partial charge in [-0.25, -0.2) is 14.8 Å². The van der Waals surface area contributed by atoms with Gasteiger partial charge >= 0.3 is 11.7 Å². The van der Waals surface area contributed by atoms with Gasteiger partial charge in [0, 0.05) is 31.8 Å². The summed E-state index contributed by atoms with van der Waals surface area (Å²) in [6.07, 6.45) is 5.88. The van der Waals surface area contributed by atoms with Crippen LogP contribution in [0.5, 0.6) is 6.01 Å². The van der Waals surface area contributed by atoms with Gasteiger partial charge in [0.1, 0.15) is 6.10 Å². The fourth-order valence-corrected chi connectivity index (χ4v) is 2.86. The Morgan fingerprint density at radius 3 is 2.85 bits per heavy atom. The highest BCUT2D eigenvalue weighted by Gasteiger charge is 2.25. The third-order valence-electron chi connectivity index (χ3n) is 4.06. The molecule has 0 bridgehead atoms. The van der Waals surface area contributed by atoms with E-state index in [1.165, 1.54) is 29.2 Å². The van der Waals surface area contributed by atoms with Gasteiger partial charge in [-0.1, -0.05) is 11.6 Å². The first kappa shape index (κ1) is 18.1. The summed E-state index contributed by atoms with van der Waals surface area (Å²) < 4.78 is 7.02. The zero-order valence-electron chi connectivity index (χ0n) is 13.9. The number of ether oxygens (including phenoxy) is 1. The van der Waals surface area contributed by atoms with Crippen LogP contribution in [0.25, 0.3) is 0 Å². The number of aryl methyl sites for hydroxylation is 1. The van der Waals surface area contributed by atoms with Crippen molar-refractivity contribution >= 4 is 17.5 Å².